The smallest absolute Gasteiger partial charge is 0.329 e. The topological polar surface area (TPSA) is 201 Å². The van der Waals surface area contributed by atoms with E-state index in [1.165, 1.54) is 12.0 Å². The summed E-state index contributed by atoms with van der Waals surface area (Å²) in [6, 6.07) is -1.16. The zero-order chi connectivity index (χ0) is 51.4. The van der Waals surface area contributed by atoms with Crippen molar-refractivity contribution in [1.82, 2.24) is 4.90 Å². The maximum atomic E-state index is 14.5. The maximum Gasteiger partial charge on any atom is 0.329 e. The number of fused-ring (bicyclic) bond motifs is 3. The van der Waals surface area contributed by atoms with Gasteiger partial charge in [-0.25, -0.2) is 4.79 Å². The first-order valence-electron chi connectivity index (χ1n) is 25.2. The quantitative estimate of drug-likeness (QED) is 0.104. The number of hydrogen-bond acceptors (Lipinski definition) is 14. The molecule has 1 unspecified atom stereocenters. The molecule has 0 spiro atoms. The fourth-order valence-corrected chi connectivity index (χ4v) is 11.4. The number of nitrogens with zero attached hydrogens (tertiary/aromatic N) is 1. The second kappa shape index (κ2) is 26.5. The summed E-state index contributed by atoms with van der Waals surface area (Å²) >= 11 is 0. The van der Waals surface area contributed by atoms with Crippen LogP contribution in [0.2, 0.25) is 0 Å². The number of amides is 1. The van der Waals surface area contributed by atoms with E-state index in [0.29, 0.717) is 63.4 Å². The lowest BCUT2D eigenvalue weighted by Gasteiger charge is -2.42. The van der Waals surface area contributed by atoms with Crippen LogP contribution in [0, 0.1) is 35.5 Å². The molecule has 0 aromatic rings. The van der Waals surface area contributed by atoms with Gasteiger partial charge in [0.25, 0.3) is 11.7 Å². The predicted molar refractivity (Wildman–Crippen MR) is 263 cm³/mol. The summed E-state index contributed by atoms with van der Waals surface area (Å²) < 4.78 is 48.2. The van der Waals surface area contributed by atoms with E-state index in [1.807, 2.05) is 58.1 Å². The number of hydrogen-bond donors (Lipinski definition) is 2. The van der Waals surface area contributed by atoms with Crippen molar-refractivity contribution >= 4 is 36.6 Å². The normalized spacial score (nSPS) is 37.8. The number of allylic oxidation sites excluding steroid dienone is 6. The SMILES string of the molecule is CO[C@H]1C[C@@H]2CC[C@@H](C)[C@@](O)(O2)C(=O)C(=O)N2CCCC[C@H]2C(=O)O[C@H]([C@H](C)C[C@@H]2CCC(OP(C)(C)=O)[C@H](OC)C2)CC(=O)[C@H](C)/C=C(\C)[C@@H](O)[C@@H](OC)C(=O)[C@H](C)C[C@H](C)/C=C/C=CC=C1C. The molecule has 0 aromatic carbocycles. The van der Waals surface area contributed by atoms with Crippen LogP contribution in [0.4, 0.5) is 0 Å². The molecular weight excluding hydrogens is 906 g/mol. The lowest BCUT2D eigenvalue weighted by atomic mass is 9.78. The van der Waals surface area contributed by atoms with E-state index >= 15 is 0 Å². The van der Waals surface area contributed by atoms with E-state index in [-0.39, 0.29) is 60.9 Å². The third-order valence-electron chi connectivity index (χ3n) is 14.8. The number of ether oxygens (including phenoxy) is 5. The Bertz CT molecular complexity index is 1940. The summed E-state index contributed by atoms with van der Waals surface area (Å²) in [5.41, 5.74) is 1.25. The van der Waals surface area contributed by atoms with E-state index in [4.69, 9.17) is 28.2 Å². The minimum Gasteiger partial charge on any atom is -0.460 e. The van der Waals surface area contributed by atoms with Gasteiger partial charge in [0, 0.05) is 71.8 Å². The Balaban J connectivity index is 1.70. The van der Waals surface area contributed by atoms with Crippen molar-refractivity contribution in [1.29, 1.82) is 0 Å². The highest BCUT2D eigenvalue weighted by Crippen LogP contribution is 2.45. The summed E-state index contributed by atoms with van der Waals surface area (Å²) in [6.07, 6.45) is 11.4. The molecule has 15 atom stereocenters. The van der Waals surface area contributed by atoms with E-state index < -0.39 is 85.1 Å². The van der Waals surface area contributed by atoms with Gasteiger partial charge in [-0.2, -0.15) is 0 Å². The first kappa shape index (κ1) is 58.4. The zero-order valence-corrected chi connectivity index (χ0v) is 44.3. The van der Waals surface area contributed by atoms with E-state index in [1.54, 1.807) is 54.4 Å². The molecular formula is C53H84NO14P. The van der Waals surface area contributed by atoms with Gasteiger partial charge >= 0.3 is 5.97 Å². The second-order valence-corrected chi connectivity index (χ2v) is 23.6. The largest absolute Gasteiger partial charge is 0.460 e. The number of ketones is 3. The molecule has 15 nitrogen and oxygen atoms in total. The van der Waals surface area contributed by atoms with Crippen molar-refractivity contribution in [2.75, 3.05) is 41.2 Å². The van der Waals surface area contributed by atoms with E-state index in [9.17, 15) is 38.8 Å². The number of carbonyl (C=O) groups is 5. The minimum absolute atomic E-state index is 0.0117. The van der Waals surface area contributed by atoms with Gasteiger partial charge in [0.15, 0.2) is 13.2 Å². The van der Waals surface area contributed by atoms with Crippen molar-refractivity contribution in [2.24, 2.45) is 35.5 Å². The van der Waals surface area contributed by atoms with Gasteiger partial charge in [0.2, 0.25) is 5.79 Å². The summed E-state index contributed by atoms with van der Waals surface area (Å²) in [7, 11) is 1.76. The summed E-state index contributed by atoms with van der Waals surface area (Å²) in [4.78, 5) is 72.2. The van der Waals surface area contributed by atoms with Gasteiger partial charge in [0.05, 0.1) is 24.4 Å². The van der Waals surface area contributed by atoms with Crippen LogP contribution in [-0.4, -0.2) is 140 Å². The number of Topliss-reactive ketones (excluding diaryl/α,β-unsaturated/α-hetero) is 3. The number of carbonyl (C=O) groups excluding carboxylic acids is 5. The second-order valence-electron chi connectivity index (χ2n) is 20.9. The van der Waals surface area contributed by atoms with Gasteiger partial charge in [-0.05, 0) is 107 Å². The van der Waals surface area contributed by atoms with Gasteiger partial charge in [-0.3, -0.25) is 23.7 Å². The molecule has 4 rings (SSSR count). The van der Waals surface area contributed by atoms with Gasteiger partial charge < -0.3 is 43.3 Å². The first-order chi connectivity index (χ1) is 32.4. The van der Waals surface area contributed by atoms with Crippen LogP contribution in [-0.2, 0) is 56.7 Å². The van der Waals surface area contributed by atoms with Crippen LogP contribution < -0.4 is 0 Å². The van der Waals surface area contributed by atoms with Crippen molar-refractivity contribution in [3.8, 4) is 0 Å². The fourth-order valence-electron chi connectivity index (χ4n) is 10.5. The average Bonchev–Trinajstić information content (AvgIpc) is 3.30. The monoisotopic (exact) mass is 990 g/mol. The maximum absolute atomic E-state index is 14.5. The molecule has 2 bridgehead atoms. The van der Waals surface area contributed by atoms with Crippen LogP contribution in [0.25, 0.3) is 0 Å². The van der Waals surface area contributed by atoms with E-state index in [2.05, 4.69) is 0 Å². The zero-order valence-electron chi connectivity index (χ0n) is 43.4. The van der Waals surface area contributed by atoms with Crippen LogP contribution >= 0.6 is 7.37 Å². The molecule has 3 fully saturated rings. The minimum atomic E-state index is -2.79. The molecule has 16 heteroatoms. The standard InChI is InChI=1S/C53H84NO14P/c1-32-18-14-13-15-19-33(2)44(63-8)30-40-23-21-38(7)53(61,67-40)50(58)51(59)54-25-17-16-20-41(54)52(60)66-45(35(4)28-39-22-24-43(46(29-39)64-9)68-69(11,12)62)31-42(55)34(3)27-37(6)48(57)49(65-10)47(56)36(5)26-32/h13-15,18-19,27,32,34-36,38-41,43-46,48-49,57,61H,16-17,20-26,28-31H2,1-12H3/b15-13?,18-14+,33-19?,37-27+/t32-,34-,35-,36-,38-,39+,40+,41+,43?,44+,45+,46-,48-,49+,53-/m1/s1. The molecule has 69 heavy (non-hydrogen) atoms. The van der Waals surface area contributed by atoms with Crippen LogP contribution in [0.1, 0.15) is 126 Å². The van der Waals surface area contributed by atoms with Crippen molar-refractivity contribution in [2.45, 2.75) is 180 Å². The number of piperidine rings is 1. The average molecular weight is 990 g/mol. The Labute approximate surface area is 411 Å². The fraction of sp³-hybridized carbons (Fsp3) is 0.755. The van der Waals surface area contributed by atoms with Crippen molar-refractivity contribution in [3.63, 3.8) is 0 Å². The molecule has 1 saturated carbocycles. The Kier molecular flexibility index (Phi) is 22.5. The molecule has 2 saturated heterocycles. The molecule has 0 aromatic heterocycles. The molecule has 390 valence electrons. The summed E-state index contributed by atoms with van der Waals surface area (Å²) in [5, 5.41) is 23.5. The summed E-state index contributed by atoms with van der Waals surface area (Å²) in [6.45, 7) is 15.9. The molecule has 0 radical (unpaired) electrons. The number of methoxy groups -OCH3 is 3. The Morgan fingerprint density at radius 2 is 1.57 bits per heavy atom. The highest BCUT2D eigenvalue weighted by Gasteiger charge is 2.53. The third kappa shape index (κ3) is 16.2. The van der Waals surface area contributed by atoms with Gasteiger partial charge in [-0.1, -0.05) is 71.1 Å². The van der Waals surface area contributed by atoms with Gasteiger partial charge in [-0.15, -0.1) is 0 Å². The molecule has 4 aliphatic rings. The molecule has 3 aliphatic heterocycles. The Hall–Kier alpha value is -3.14. The first-order valence-corrected chi connectivity index (χ1v) is 27.7. The number of cyclic esters (lactones) is 1. The molecule has 2 N–H and O–H groups in total. The number of rotatable bonds is 8. The number of esters is 1. The Morgan fingerprint density at radius 1 is 0.855 bits per heavy atom. The molecule has 3 heterocycles. The van der Waals surface area contributed by atoms with E-state index in [0.717, 1.165) is 12.0 Å². The van der Waals surface area contributed by atoms with Crippen LogP contribution in [0.15, 0.2) is 47.6 Å². The lowest BCUT2D eigenvalue weighted by Crippen LogP contribution is -2.61. The molecule has 1 aliphatic carbocycles. The Morgan fingerprint density at radius 3 is 2.22 bits per heavy atom. The highest BCUT2D eigenvalue weighted by molar-refractivity contribution is 7.57. The van der Waals surface area contributed by atoms with Crippen LogP contribution in [0.3, 0.4) is 0 Å². The van der Waals surface area contributed by atoms with Crippen molar-refractivity contribution < 1.29 is 67.0 Å². The molecule has 1 amide bonds. The predicted octanol–water partition coefficient (Wildman–Crippen LogP) is 7.74. The third-order valence-corrected chi connectivity index (χ3v) is 15.6. The number of aliphatic hydroxyl groups is 2. The highest BCUT2D eigenvalue weighted by atomic mass is 31.2. The summed E-state index contributed by atoms with van der Waals surface area (Å²) in [5.74, 6) is -8.11. The number of aliphatic hydroxyl groups excluding tert-OH is 1. The van der Waals surface area contributed by atoms with Gasteiger partial charge in [0.1, 0.15) is 30.1 Å². The van der Waals surface area contributed by atoms with Crippen molar-refractivity contribution in [3.05, 3.63) is 47.6 Å². The lowest BCUT2D eigenvalue weighted by molar-refractivity contribution is -0.265. The van der Waals surface area contributed by atoms with Crippen LogP contribution in [0.5, 0.6) is 0 Å².